The number of hydrogen-bond donors (Lipinski definition) is 0. The summed E-state index contributed by atoms with van der Waals surface area (Å²) in [4.78, 5) is 16.3. The number of amides is 1. The number of piperazine rings is 1. The van der Waals surface area contributed by atoms with Gasteiger partial charge in [-0.15, -0.1) is 13.2 Å². The van der Waals surface area contributed by atoms with Crippen molar-refractivity contribution in [3.63, 3.8) is 0 Å². The summed E-state index contributed by atoms with van der Waals surface area (Å²) in [6, 6.07) is 13.6. The quantitative estimate of drug-likeness (QED) is 0.638. The number of carbonyl (C=O) groups is 1. The molecular weight excluding hydrogens is 441 g/mol. The lowest BCUT2D eigenvalue weighted by Crippen LogP contribution is -2.49. The second kappa shape index (κ2) is 8.46. The zero-order valence-electron chi connectivity index (χ0n) is 17.7. The average molecular weight is 465 g/mol. The van der Waals surface area contributed by atoms with E-state index in [1.165, 1.54) is 12.1 Å². The van der Waals surface area contributed by atoms with Crippen molar-refractivity contribution in [1.82, 2.24) is 9.80 Å². The fraction of sp³-hybridized carbons (Fsp3) is 0.348. The van der Waals surface area contributed by atoms with Crippen molar-refractivity contribution in [2.24, 2.45) is 0 Å². The molecule has 2 heterocycles. The number of rotatable bonds is 4. The van der Waals surface area contributed by atoms with Gasteiger partial charge in [-0.1, -0.05) is 30.3 Å². The third-order valence-corrected chi connectivity index (χ3v) is 6.45. The minimum atomic E-state index is -4.87. The highest BCUT2D eigenvalue weighted by molar-refractivity contribution is 7.92. The Labute approximate surface area is 187 Å². The van der Waals surface area contributed by atoms with Crippen molar-refractivity contribution in [2.45, 2.75) is 36.4 Å². The summed E-state index contributed by atoms with van der Waals surface area (Å²) in [5.74, 6) is 0.208. The number of hydrogen-bond acceptors (Lipinski definition) is 4. The molecule has 0 saturated carbocycles. The van der Waals surface area contributed by atoms with Crippen LogP contribution in [-0.4, -0.2) is 51.0 Å². The van der Waals surface area contributed by atoms with E-state index < -0.39 is 22.3 Å². The Balaban J connectivity index is 1.60. The molecule has 4 rings (SSSR count). The van der Waals surface area contributed by atoms with Crippen LogP contribution < -0.4 is 4.74 Å². The van der Waals surface area contributed by atoms with E-state index >= 15 is 0 Å². The molecule has 2 aliphatic heterocycles. The third-order valence-electron chi connectivity index (χ3n) is 5.35. The summed E-state index contributed by atoms with van der Waals surface area (Å²) >= 11 is -3.17. The minimum absolute atomic E-state index is 0.149. The van der Waals surface area contributed by atoms with E-state index in [2.05, 4.69) is 0 Å². The molecule has 1 unspecified atom stereocenters. The lowest BCUT2D eigenvalue weighted by Gasteiger charge is -2.39. The monoisotopic (exact) mass is 464 g/mol. The maximum absolute atomic E-state index is 13.1. The van der Waals surface area contributed by atoms with Crippen LogP contribution in [-0.2, 0) is 22.5 Å². The van der Waals surface area contributed by atoms with E-state index in [1.54, 1.807) is 11.0 Å². The summed E-state index contributed by atoms with van der Waals surface area (Å²) in [5, 5.41) is 0. The van der Waals surface area contributed by atoms with Gasteiger partial charge in [0.2, 0.25) is 5.91 Å². The van der Waals surface area contributed by atoms with Gasteiger partial charge >= 0.3 is 5.51 Å². The first-order valence-corrected chi connectivity index (χ1v) is 11.3. The molecule has 1 fully saturated rings. The highest BCUT2D eigenvalue weighted by atomic mass is 32.2. The summed E-state index contributed by atoms with van der Waals surface area (Å²) < 4.78 is 56.8. The second-order valence-electron chi connectivity index (χ2n) is 8.35. The smallest absolute Gasteiger partial charge is 0.578 e. The zero-order valence-corrected chi connectivity index (χ0v) is 18.5. The van der Waals surface area contributed by atoms with Gasteiger partial charge in [-0.2, -0.15) is 0 Å². The Morgan fingerprint density at radius 1 is 1.12 bits per heavy atom. The molecule has 2 aromatic rings. The van der Waals surface area contributed by atoms with Gasteiger partial charge in [0.1, 0.15) is 11.4 Å². The van der Waals surface area contributed by atoms with Gasteiger partial charge in [0.15, 0.2) is 4.90 Å². The molecule has 1 atom stereocenters. The largest absolute Gasteiger partial charge is 0.604 e. The molecule has 0 bridgehead atoms. The molecule has 0 aromatic heterocycles. The van der Waals surface area contributed by atoms with Crippen LogP contribution in [0.1, 0.15) is 25.0 Å². The first-order chi connectivity index (χ1) is 15.0. The zero-order chi connectivity index (χ0) is 23.1. The number of benzene rings is 2. The van der Waals surface area contributed by atoms with Gasteiger partial charge in [-0.05, 0) is 37.6 Å². The number of carbonyl (C=O) groups excluding carboxylic acids is 1. The molecule has 0 radical (unpaired) electrons. The molecular formula is C23H23F3N2O3S. The fourth-order valence-electron chi connectivity index (χ4n) is 3.94. The highest BCUT2D eigenvalue weighted by Gasteiger charge is 2.46. The van der Waals surface area contributed by atoms with Crippen LogP contribution >= 0.6 is 0 Å². The van der Waals surface area contributed by atoms with Crippen LogP contribution in [0.2, 0.25) is 0 Å². The normalized spacial score (nSPS) is 19.8. The van der Waals surface area contributed by atoms with E-state index in [4.69, 9.17) is 4.74 Å². The molecule has 9 heteroatoms. The maximum atomic E-state index is 13.1. The summed E-state index contributed by atoms with van der Waals surface area (Å²) in [7, 11) is 0. The highest BCUT2D eigenvalue weighted by Crippen LogP contribution is 2.41. The average Bonchev–Trinajstić information content (AvgIpc) is 2.72. The molecule has 2 aromatic carbocycles. The Morgan fingerprint density at radius 3 is 2.50 bits per heavy atom. The van der Waals surface area contributed by atoms with Crippen LogP contribution in [0.3, 0.4) is 0 Å². The SMILES string of the molecule is CC1(C)C=C(N2CCN(Cc3ccccc3)CC2=O)c2cc([S+]([O-])C(F)(F)F)ccc2O1. The minimum Gasteiger partial charge on any atom is -0.604 e. The molecule has 0 aliphatic carbocycles. The maximum Gasteiger partial charge on any atom is 0.578 e. The number of ether oxygens (including phenoxy) is 1. The molecule has 32 heavy (non-hydrogen) atoms. The van der Waals surface area contributed by atoms with E-state index in [0.29, 0.717) is 36.6 Å². The number of nitrogens with zero attached hydrogens (tertiary/aromatic N) is 2. The third kappa shape index (κ3) is 4.79. The van der Waals surface area contributed by atoms with Gasteiger partial charge < -0.3 is 14.2 Å². The second-order valence-corrected chi connectivity index (χ2v) is 9.82. The van der Waals surface area contributed by atoms with E-state index in [1.807, 2.05) is 49.1 Å². The molecule has 2 aliphatic rings. The Kier molecular flexibility index (Phi) is 6.00. The van der Waals surface area contributed by atoms with Crippen molar-refractivity contribution >= 4 is 22.8 Å². The topological polar surface area (TPSA) is 55.8 Å². The first-order valence-electron chi connectivity index (χ1n) is 10.1. The van der Waals surface area contributed by atoms with E-state index in [0.717, 1.165) is 11.6 Å². The lowest BCUT2D eigenvalue weighted by molar-refractivity contribution is -0.132. The van der Waals surface area contributed by atoms with Crippen molar-refractivity contribution < 1.29 is 27.3 Å². The van der Waals surface area contributed by atoms with Crippen LogP contribution in [0.5, 0.6) is 5.75 Å². The van der Waals surface area contributed by atoms with Gasteiger partial charge in [0.05, 0.1) is 23.4 Å². The molecule has 0 spiro atoms. The first kappa shape index (κ1) is 22.7. The number of fused-ring (bicyclic) bond motifs is 1. The fourth-order valence-corrected chi connectivity index (χ4v) is 4.63. The van der Waals surface area contributed by atoms with E-state index in [-0.39, 0.29) is 17.3 Å². The summed E-state index contributed by atoms with van der Waals surface area (Å²) in [5.41, 5.74) is -3.70. The Morgan fingerprint density at radius 2 is 1.84 bits per heavy atom. The molecule has 170 valence electrons. The van der Waals surface area contributed by atoms with Crippen molar-refractivity contribution in [3.8, 4) is 5.75 Å². The predicted octanol–water partition coefficient (Wildman–Crippen LogP) is 4.17. The molecule has 5 nitrogen and oxygen atoms in total. The van der Waals surface area contributed by atoms with Gasteiger partial charge in [-0.3, -0.25) is 9.69 Å². The molecule has 0 N–H and O–H groups in total. The van der Waals surface area contributed by atoms with Crippen molar-refractivity contribution in [2.75, 3.05) is 19.6 Å². The van der Waals surface area contributed by atoms with E-state index in [9.17, 15) is 22.5 Å². The van der Waals surface area contributed by atoms with Crippen LogP contribution in [0, 0.1) is 0 Å². The standard InChI is InChI=1S/C23H23F3N2O3S/c1-22(2)13-19(18-12-17(8-9-20(18)31-22)32(30)23(24,25)26)28-11-10-27(15-21(28)29)14-16-6-4-3-5-7-16/h3-9,12-13H,10-11,14-15H2,1-2H3. The van der Waals surface area contributed by atoms with Crippen LogP contribution in [0.15, 0.2) is 59.5 Å². The Bertz CT molecular complexity index is 1040. The number of alkyl halides is 3. The van der Waals surface area contributed by atoms with Gasteiger partial charge in [-0.25, -0.2) is 0 Å². The van der Waals surface area contributed by atoms with Crippen LogP contribution in [0.4, 0.5) is 13.2 Å². The van der Waals surface area contributed by atoms with Gasteiger partial charge in [0, 0.05) is 31.3 Å². The van der Waals surface area contributed by atoms with Crippen molar-refractivity contribution in [3.05, 3.63) is 65.7 Å². The summed E-state index contributed by atoms with van der Waals surface area (Å²) in [6.07, 6.45) is 1.74. The lowest BCUT2D eigenvalue weighted by atomic mass is 9.97. The predicted molar refractivity (Wildman–Crippen MR) is 115 cm³/mol. The molecule has 1 saturated heterocycles. The molecule has 1 amide bonds. The van der Waals surface area contributed by atoms with Gasteiger partial charge in [0.25, 0.3) is 0 Å². The summed E-state index contributed by atoms with van der Waals surface area (Å²) in [6.45, 7) is 5.46. The van der Waals surface area contributed by atoms with Crippen molar-refractivity contribution in [1.29, 1.82) is 0 Å². The Hall–Kier alpha value is -2.49. The number of halogens is 3. The van der Waals surface area contributed by atoms with Crippen LogP contribution in [0.25, 0.3) is 5.70 Å².